The Balaban J connectivity index is 1.87. The van der Waals surface area contributed by atoms with E-state index in [0.29, 0.717) is 18.3 Å². The summed E-state index contributed by atoms with van der Waals surface area (Å²) >= 11 is 1.57. The monoisotopic (exact) mass is 348 g/mol. The standard InChI is InChI=1S/C18H24N2O3S/c1-3-13-7-5-6-9-19(13)17(21)12-20-14-8-10-24-16(14)11-15(20)18(22)23-4-2/h8,10-11,13H,3-7,9,12H2,1-2H3/t13-/m0/s1. The van der Waals surface area contributed by atoms with E-state index >= 15 is 0 Å². The van der Waals surface area contributed by atoms with E-state index < -0.39 is 0 Å². The van der Waals surface area contributed by atoms with Crippen molar-refractivity contribution in [1.82, 2.24) is 9.47 Å². The molecule has 0 saturated carbocycles. The number of aromatic nitrogens is 1. The molecule has 130 valence electrons. The third kappa shape index (κ3) is 3.20. The summed E-state index contributed by atoms with van der Waals surface area (Å²) in [6, 6.07) is 4.12. The van der Waals surface area contributed by atoms with Crippen LogP contribution in [0.2, 0.25) is 0 Å². The molecule has 2 aromatic heterocycles. The van der Waals surface area contributed by atoms with Crippen molar-refractivity contribution >= 4 is 33.4 Å². The van der Waals surface area contributed by atoms with Crippen molar-refractivity contribution in [2.75, 3.05) is 13.2 Å². The first-order chi connectivity index (χ1) is 11.7. The van der Waals surface area contributed by atoms with E-state index in [0.717, 1.165) is 36.0 Å². The van der Waals surface area contributed by atoms with Gasteiger partial charge in [-0.25, -0.2) is 4.79 Å². The molecule has 0 aromatic carbocycles. The second kappa shape index (κ2) is 7.38. The van der Waals surface area contributed by atoms with Gasteiger partial charge in [-0.05, 0) is 50.1 Å². The Morgan fingerprint density at radius 1 is 1.33 bits per heavy atom. The first-order valence-corrected chi connectivity index (χ1v) is 9.57. The highest BCUT2D eigenvalue weighted by Gasteiger charge is 2.27. The molecule has 0 unspecified atom stereocenters. The van der Waals surface area contributed by atoms with E-state index in [2.05, 4.69) is 6.92 Å². The highest BCUT2D eigenvalue weighted by atomic mass is 32.1. The van der Waals surface area contributed by atoms with Crippen LogP contribution in [0.1, 0.15) is 50.0 Å². The van der Waals surface area contributed by atoms with Gasteiger partial charge in [0, 0.05) is 12.6 Å². The van der Waals surface area contributed by atoms with E-state index in [1.807, 2.05) is 27.0 Å². The van der Waals surface area contributed by atoms with Gasteiger partial charge in [-0.15, -0.1) is 11.3 Å². The third-order valence-corrected chi connectivity index (χ3v) is 5.57. The van der Waals surface area contributed by atoms with Crippen LogP contribution < -0.4 is 0 Å². The number of thiophene rings is 1. The van der Waals surface area contributed by atoms with Crippen molar-refractivity contribution in [3.63, 3.8) is 0 Å². The Bertz CT molecular complexity index is 734. The van der Waals surface area contributed by atoms with E-state index in [4.69, 9.17) is 4.74 Å². The Morgan fingerprint density at radius 2 is 2.17 bits per heavy atom. The predicted molar refractivity (Wildman–Crippen MR) is 95.4 cm³/mol. The molecule has 2 aromatic rings. The van der Waals surface area contributed by atoms with Crippen LogP contribution in [0, 0.1) is 0 Å². The van der Waals surface area contributed by atoms with Crippen molar-refractivity contribution in [2.24, 2.45) is 0 Å². The quantitative estimate of drug-likeness (QED) is 0.775. The highest BCUT2D eigenvalue weighted by molar-refractivity contribution is 7.17. The molecule has 5 nitrogen and oxygen atoms in total. The molecule has 3 rings (SSSR count). The summed E-state index contributed by atoms with van der Waals surface area (Å²) in [5.41, 5.74) is 1.40. The van der Waals surface area contributed by atoms with Gasteiger partial charge < -0.3 is 14.2 Å². The molecule has 0 radical (unpaired) electrons. The minimum atomic E-state index is -0.362. The molecule has 6 heteroatoms. The number of esters is 1. The summed E-state index contributed by atoms with van der Waals surface area (Å²) in [5.74, 6) is -0.268. The zero-order valence-corrected chi connectivity index (χ0v) is 15.1. The fourth-order valence-electron chi connectivity index (χ4n) is 3.50. The molecule has 24 heavy (non-hydrogen) atoms. The molecular formula is C18H24N2O3S. The SMILES string of the molecule is CCOC(=O)c1cc2sccc2n1CC(=O)N1CCCC[C@@H]1CC. The number of amides is 1. The maximum atomic E-state index is 12.9. The van der Waals surface area contributed by atoms with Crippen LogP contribution in [-0.4, -0.2) is 40.5 Å². The number of likely N-dealkylation sites (tertiary alicyclic amines) is 1. The van der Waals surface area contributed by atoms with Gasteiger partial charge in [-0.2, -0.15) is 0 Å². The summed E-state index contributed by atoms with van der Waals surface area (Å²) in [6.07, 6.45) is 4.31. The van der Waals surface area contributed by atoms with Gasteiger partial charge >= 0.3 is 5.97 Å². The number of rotatable bonds is 5. The lowest BCUT2D eigenvalue weighted by molar-refractivity contribution is -0.135. The van der Waals surface area contributed by atoms with E-state index in [9.17, 15) is 9.59 Å². The minimum Gasteiger partial charge on any atom is -0.461 e. The number of carbonyl (C=O) groups excluding carboxylic acids is 2. The molecule has 1 aliphatic heterocycles. The first kappa shape index (κ1) is 17.0. The fraction of sp³-hybridized carbons (Fsp3) is 0.556. The van der Waals surface area contributed by atoms with Crippen molar-refractivity contribution in [2.45, 2.75) is 52.1 Å². The largest absolute Gasteiger partial charge is 0.461 e. The lowest BCUT2D eigenvalue weighted by Gasteiger charge is -2.35. The van der Waals surface area contributed by atoms with Crippen LogP contribution in [0.25, 0.3) is 10.2 Å². The number of nitrogens with zero attached hydrogens (tertiary/aromatic N) is 2. The van der Waals surface area contributed by atoms with E-state index in [1.54, 1.807) is 18.3 Å². The molecule has 1 fully saturated rings. The van der Waals surface area contributed by atoms with Gasteiger partial charge in [-0.1, -0.05) is 6.92 Å². The summed E-state index contributed by atoms with van der Waals surface area (Å²) < 4.78 is 7.98. The van der Waals surface area contributed by atoms with Crippen LogP contribution in [-0.2, 0) is 16.1 Å². The van der Waals surface area contributed by atoms with Crippen LogP contribution in [0.4, 0.5) is 0 Å². The maximum Gasteiger partial charge on any atom is 0.355 e. The smallest absolute Gasteiger partial charge is 0.355 e. The van der Waals surface area contributed by atoms with Crippen LogP contribution in [0.15, 0.2) is 17.5 Å². The van der Waals surface area contributed by atoms with Crippen molar-refractivity contribution in [3.05, 3.63) is 23.2 Å². The van der Waals surface area contributed by atoms with E-state index in [1.165, 1.54) is 6.42 Å². The Morgan fingerprint density at radius 3 is 2.92 bits per heavy atom. The lowest BCUT2D eigenvalue weighted by Crippen LogP contribution is -2.45. The molecule has 1 atom stereocenters. The lowest BCUT2D eigenvalue weighted by atomic mass is 10.00. The van der Waals surface area contributed by atoms with Gasteiger partial charge in [0.25, 0.3) is 0 Å². The number of hydrogen-bond donors (Lipinski definition) is 0. The maximum absolute atomic E-state index is 12.9. The molecule has 0 N–H and O–H groups in total. The topological polar surface area (TPSA) is 51.5 Å². The van der Waals surface area contributed by atoms with Gasteiger partial charge in [-0.3, -0.25) is 4.79 Å². The van der Waals surface area contributed by atoms with Crippen molar-refractivity contribution < 1.29 is 14.3 Å². The zero-order chi connectivity index (χ0) is 17.1. The summed E-state index contributed by atoms with van der Waals surface area (Å²) in [7, 11) is 0. The molecule has 0 aliphatic carbocycles. The van der Waals surface area contributed by atoms with Crippen molar-refractivity contribution in [3.8, 4) is 0 Å². The number of carbonyl (C=O) groups is 2. The van der Waals surface area contributed by atoms with Gasteiger partial charge in [0.15, 0.2) is 0 Å². The van der Waals surface area contributed by atoms with Crippen LogP contribution >= 0.6 is 11.3 Å². The molecular weight excluding hydrogens is 324 g/mol. The average molecular weight is 348 g/mol. The third-order valence-electron chi connectivity index (χ3n) is 4.72. The highest BCUT2D eigenvalue weighted by Crippen LogP contribution is 2.27. The average Bonchev–Trinajstić information content (AvgIpc) is 3.17. The minimum absolute atomic E-state index is 0.0933. The van der Waals surface area contributed by atoms with Gasteiger partial charge in [0.2, 0.25) is 5.91 Å². The number of ether oxygens (including phenoxy) is 1. The van der Waals surface area contributed by atoms with Gasteiger partial charge in [0.1, 0.15) is 12.2 Å². The van der Waals surface area contributed by atoms with Crippen LogP contribution in [0.5, 0.6) is 0 Å². The molecule has 3 heterocycles. The molecule has 0 spiro atoms. The number of hydrogen-bond acceptors (Lipinski definition) is 4. The molecule has 1 saturated heterocycles. The second-order valence-electron chi connectivity index (χ2n) is 6.15. The Labute approximate surface area is 146 Å². The second-order valence-corrected chi connectivity index (χ2v) is 7.10. The zero-order valence-electron chi connectivity index (χ0n) is 14.3. The fourth-order valence-corrected chi connectivity index (χ4v) is 4.32. The molecule has 1 aliphatic rings. The predicted octanol–water partition coefficient (Wildman–Crippen LogP) is 3.67. The molecule has 0 bridgehead atoms. The summed E-state index contributed by atoms with van der Waals surface area (Å²) in [6.45, 7) is 5.27. The summed E-state index contributed by atoms with van der Waals surface area (Å²) in [4.78, 5) is 27.1. The number of piperidine rings is 1. The van der Waals surface area contributed by atoms with E-state index in [-0.39, 0.29) is 18.4 Å². The van der Waals surface area contributed by atoms with Crippen LogP contribution in [0.3, 0.4) is 0 Å². The van der Waals surface area contributed by atoms with Gasteiger partial charge in [0.05, 0.1) is 16.8 Å². The summed E-state index contributed by atoms with van der Waals surface area (Å²) in [5, 5.41) is 1.98. The normalized spacial score (nSPS) is 18.1. The Kier molecular flexibility index (Phi) is 5.23. The molecule has 1 amide bonds. The van der Waals surface area contributed by atoms with Crippen molar-refractivity contribution in [1.29, 1.82) is 0 Å². The Hall–Kier alpha value is -1.82. The first-order valence-electron chi connectivity index (χ1n) is 8.69. The number of fused-ring (bicyclic) bond motifs is 1.